The predicted octanol–water partition coefficient (Wildman–Crippen LogP) is 4.01. The maximum atomic E-state index is 5.83. The average Bonchev–Trinajstić information content (AvgIpc) is 2.79. The van der Waals surface area contributed by atoms with Gasteiger partial charge in [0.15, 0.2) is 11.4 Å². The molecule has 1 N–H and O–H groups in total. The Morgan fingerprint density at radius 1 is 1.21 bits per heavy atom. The Morgan fingerprint density at radius 2 is 2.05 bits per heavy atom. The van der Waals surface area contributed by atoms with Gasteiger partial charge in [0.25, 0.3) is 0 Å². The second kappa shape index (κ2) is 5.89. The highest BCUT2D eigenvalue weighted by molar-refractivity contribution is 6.05. The minimum atomic E-state index is 0. The summed E-state index contributed by atoms with van der Waals surface area (Å²) in [5.74, 6) is 0.782. The number of rotatable bonds is 4. The Bertz CT molecular complexity index is 681. The number of fused-ring (bicyclic) bond motifs is 3. The largest absolute Gasteiger partial charge is 0.450 e. The third-order valence-corrected chi connectivity index (χ3v) is 2.98. The van der Waals surface area contributed by atoms with Crippen molar-refractivity contribution in [2.45, 2.75) is 19.8 Å². The van der Waals surface area contributed by atoms with Crippen LogP contribution in [0.2, 0.25) is 0 Å². The van der Waals surface area contributed by atoms with Crippen LogP contribution in [0, 0.1) is 0 Å². The summed E-state index contributed by atoms with van der Waals surface area (Å²) in [6, 6.07) is 7.92. The molecule has 0 spiro atoms. The number of aromatic nitrogens is 2. The van der Waals surface area contributed by atoms with E-state index in [9.17, 15) is 0 Å². The lowest BCUT2D eigenvalue weighted by atomic mass is 10.2. The third kappa shape index (κ3) is 2.49. The number of nitrogens with one attached hydrogen (secondary N) is 1. The Hall–Kier alpha value is -1.81. The van der Waals surface area contributed by atoms with Crippen molar-refractivity contribution >= 4 is 40.3 Å². The van der Waals surface area contributed by atoms with E-state index in [1.165, 1.54) is 0 Å². The molecule has 100 valence electrons. The molecule has 1 aromatic carbocycles. The van der Waals surface area contributed by atoms with E-state index in [1.54, 1.807) is 6.33 Å². The van der Waals surface area contributed by atoms with Gasteiger partial charge in [-0.1, -0.05) is 25.5 Å². The molecule has 0 aliphatic rings. The highest BCUT2D eigenvalue weighted by Gasteiger charge is 2.11. The van der Waals surface area contributed by atoms with Crippen LogP contribution in [0.25, 0.3) is 22.1 Å². The summed E-state index contributed by atoms with van der Waals surface area (Å²) in [6.45, 7) is 3.07. The summed E-state index contributed by atoms with van der Waals surface area (Å²) in [5.41, 5.74) is 2.47. The van der Waals surface area contributed by atoms with Crippen molar-refractivity contribution in [3.05, 3.63) is 30.6 Å². The molecule has 5 heteroatoms. The minimum absolute atomic E-state index is 0. The number of benzene rings is 1. The first kappa shape index (κ1) is 13.6. The lowest BCUT2D eigenvalue weighted by Crippen LogP contribution is -2.03. The van der Waals surface area contributed by atoms with Gasteiger partial charge in [-0.3, -0.25) is 0 Å². The Balaban J connectivity index is 0.00000133. The summed E-state index contributed by atoms with van der Waals surface area (Å²) in [7, 11) is 0. The van der Waals surface area contributed by atoms with E-state index < -0.39 is 0 Å². The van der Waals surface area contributed by atoms with Crippen LogP contribution in [0.4, 0.5) is 5.82 Å². The number of hydrogen-bond donors (Lipinski definition) is 1. The van der Waals surface area contributed by atoms with Crippen molar-refractivity contribution in [3.63, 3.8) is 0 Å². The van der Waals surface area contributed by atoms with Crippen LogP contribution in [0.1, 0.15) is 19.8 Å². The third-order valence-electron chi connectivity index (χ3n) is 2.98. The fourth-order valence-corrected chi connectivity index (χ4v) is 2.03. The summed E-state index contributed by atoms with van der Waals surface area (Å²) in [4.78, 5) is 8.57. The first-order valence-corrected chi connectivity index (χ1v) is 6.26. The highest BCUT2D eigenvalue weighted by Crippen LogP contribution is 2.30. The Morgan fingerprint density at radius 3 is 2.89 bits per heavy atom. The number of halogens is 1. The van der Waals surface area contributed by atoms with Crippen LogP contribution in [0.3, 0.4) is 0 Å². The summed E-state index contributed by atoms with van der Waals surface area (Å²) in [5, 5.41) is 4.34. The first-order valence-electron chi connectivity index (χ1n) is 6.26. The molecule has 0 atom stereocenters. The van der Waals surface area contributed by atoms with Gasteiger partial charge >= 0.3 is 0 Å². The van der Waals surface area contributed by atoms with E-state index >= 15 is 0 Å². The van der Waals surface area contributed by atoms with Gasteiger partial charge in [0.2, 0.25) is 0 Å². The zero-order valence-electron chi connectivity index (χ0n) is 10.7. The van der Waals surface area contributed by atoms with Crippen LogP contribution in [0.5, 0.6) is 0 Å². The maximum absolute atomic E-state index is 5.83. The minimum Gasteiger partial charge on any atom is -0.450 e. The van der Waals surface area contributed by atoms with Gasteiger partial charge in [0, 0.05) is 11.9 Å². The number of nitrogens with zero attached hydrogens (tertiary/aromatic N) is 2. The maximum Gasteiger partial charge on any atom is 0.196 e. The zero-order chi connectivity index (χ0) is 12.4. The van der Waals surface area contributed by atoms with E-state index in [4.69, 9.17) is 4.42 Å². The van der Waals surface area contributed by atoms with Crippen LogP contribution in [-0.4, -0.2) is 16.5 Å². The van der Waals surface area contributed by atoms with Gasteiger partial charge in [-0.2, -0.15) is 0 Å². The van der Waals surface area contributed by atoms with Gasteiger partial charge in [0.05, 0.1) is 0 Å². The van der Waals surface area contributed by atoms with Gasteiger partial charge in [-0.25, -0.2) is 9.97 Å². The quantitative estimate of drug-likeness (QED) is 0.732. The average molecular weight is 278 g/mol. The van der Waals surface area contributed by atoms with Crippen molar-refractivity contribution in [1.29, 1.82) is 0 Å². The molecular weight excluding hydrogens is 262 g/mol. The predicted molar refractivity (Wildman–Crippen MR) is 80.0 cm³/mol. The fourth-order valence-electron chi connectivity index (χ4n) is 2.03. The smallest absolute Gasteiger partial charge is 0.196 e. The lowest BCUT2D eigenvalue weighted by molar-refractivity contribution is 0.666. The van der Waals surface area contributed by atoms with Crippen molar-refractivity contribution in [3.8, 4) is 0 Å². The van der Waals surface area contributed by atoms with Crippen LogP contribution in [0.15, 0.2) is 35.0 Å². The van der Waals surface area contributed by atoms with Crippen molar-refractivity contribution in [2.75, 3.05) is 11.9 Å². The molecule has 0 bridgehead atoms. The zero-order valence-corrected chi connectivity index (χ0v) is 11.5. The molecule has 19 heavy (non-hydrogen) atoms. The molecule has 0 amide bonds. The second-order valence-electron chi connectivity index (χ2n) is 4.28. The van der Waals surface area contributed by atoms with E-state index in [0.717, 1.165) is 47.3 Å². The van der Waals surface area contributed by atoms with E-state index in [1.807, 2.05) is 24.3 Å². The van der Waals surface area contributed by atoms with Crippen molar-refractivity contribution < 1.29 is 4.42 Å². The highest BCUT2D eigenvalue weighted by atomic mass is 35.5. The van der Waals surface area contributed by atoms with Gasteiger partial charge in [-0.05, 0) is 18.6 Å². The molecule has 0 unspecified atom stereocenters. The summed E-state index contributed by atoms with van der Waals surface area (Å²) >= 11 is 0. The van der Waals surface area contributed by atoms with Crippen LogP contribution >= 0.6 is 12.4 Å². The van der Waals surface area contributed by atoms with Gasteiger partial charge < -0.3 is 9.73 Å². The molecule has 0 aliphatic carbocycles. The van der Waals surface area contributed by atoms with E-state index in [2.05, 4.69) is 22.2 Å². The molecule has 0 aliphatic heterocycles. The Labute approximate surface area is 117 Å². The van der Waals surface area contributed by atoms with E-state index in [-0.39, 0.29) is 12.4 Å². The number of furan rings is 1. The van der Waals surface area contributed by atoms with Crippen molar-refractivity contribution in [2.24, 2.45) is 0 Å². The number of para-hydroxylation sites is 1. The lowest BCUT2D eigenvalue weighted by Gasteiger charge is -2.03. The molecule has 4 nitrogen and oxygen atoms in total. The van der Waals surface area contributed by atoms with E-state index in [0.29, 0.717) is 0 Å². The normalized spacial score (nSPS) is 10.6. The topological polar surface area (TPSA) is 51.0 Å². The SMILES string of the molecule is CCCCNc1ncnc2c1oc1ccccc12.Cl. The molecule has 2 aromatic heterocycles. The molecule has 0 saturated carbocycles. The summed E-state index contributed by atoms with van der Waals surface area (Å²) in [6.07, 6.45) is 3.85. The molecular formula is C14H16ClN3O. The molecule has 0 fully saturated rings. The molecule has 0 saturated heterocycles. The standard InChI is InChI=1S/C14H15N3O.ClH/c1-2-3-8-15-14-13-12(16-9-17-14)10-6-4-5-7-11(10)18-13;/h4-7,9H,2-3,8H2,1H3,(H,15,16,17);1H. The van der Waals surface area contributed by atoms with Gasteiger partial charge in [0.1, 0.15) is 17.4 Å². The summed E-state index contributed by atoms with van der Waals surface area (Å²) < 4.78 is 5.83. The molecule has 3 rings (SSSR count). The monoisotopic (exact) mass is 277 g/mol. The van der Waals surface area contributed by atoms with Crippen molar-refractivity contribution in [1.82, 2.24) is 9.97 Å². The van der Waals surface area contributed by atoms with Gasteiger partial charge in [-0.15, -0.1) is 12.4 Å². The Kier molecular flexibility index (Phi) is 4.22. The first-order chi connectivity index (χ1) is 8.90. The van der Waals surface area contributed by atoms with Crippen LogP contribution < -0.4 is 5.32 Å². The number of unbranched alkanes of at least 4 members (excludes halogenated alkanes) is 1. The number of anilines is 1. The second-order valence-corrected chi connectivity index (χ2v) is 4.28. The fraction of sp³-hybridized carbons (Fsp3) is 0.286. The molecule has 2 heterocycles. The van der Waals surface area contributed by atoms with Crippen LogP contribution in [-0.2, 0) is 0 Å². The molecule has 3 aromatic rings. The number of hydrogen-bond acceptors (Lipinski definition) is 4. The molecule has 0 radical (unpaired) electrons.